The van der Waals surface area contributed by atoms with Gasteiger partial charge in [0, 0.05) is 5.92 Å². The minimum atomic E-state index is 0.0318. The molecule has 2 nitrogen and oxygen atoms in total. The molecule has 1 N–H and O–H groups in total. The molecule has 1 aromatic rings. The van der Waals surface area contributed by atoms with E-state index in [9.17, 15) is 4.79 Å². The third-order valence-corrected chi connectivity index (χ3v) is 3.23. The second-order valence-corrected chi connectivity index (χ2v) is 5.18. The summed E-state index contributed by atoms with van der Waals surface area (Å²) in [5.74, 6) is 0.138. The van der Waals surface area contributed by atoms with Crippen LogP contribution in [0.3, 0.4) is 0 Å². The minimum Gasteiger partial charge on any atom is -0.349 e. The molecule has 0 fully saturated rings. The van der Waals surface area contributed by atoms with Crippen molar-refractivity contribution in [3.8, 4) is 0 Å². The minimum absolute atomic E-state index is 0.0318. The first-order chi connectivity index (χ1) is 7.82. The van der Waals surface area contributed by atoms with Gasteiger partial charge in [0.2, 0.25) is 5.91 Å². The zero-order chi connectivity index (χ0) is 13.2. The van der Waals surface area contributed by atoms with E-state index in [2.05, 4.69) is 38.2 Å². The maximum atomic E-state index is 11.7. The average molecular weight is 233 g/mol. The lowest BCUT2D eigenvalue weighted by atomic mass is 9.96. The Morgan fingerprint density at radius 3 is 2.06 bits per heavy atom. The molecule has 1 rings (SSSR count). The number of amides is 1. The summed E-state index contributed by atoms with van der Waals surface area (Å²) in [4.78, 5) is 11.7. The summed E-state index contributed by atoms with van der Waals surface area (Å²) in [5, 5.41) is 3.04. The molecule has 1 aromatic carbocycles. The van der Waals surface area contributed by atoms with Gasteiger partial charge in [0.1, 0.15) is 0 Å². The lowest BCUT2D eigenvalue weighted by Crippen LogP contribution is -2.30. The van der Waals surface area contributed by atoms with Crippen LogP contribution in [0.2, 0.25) is 0 Å². The smallest absolute Gasteiger partial charge is 0.223 e. The molecule has 2 heteroatoms. The van der Waals surface area contributed by atoms with Crippen LogP contribution in [0.25, 0.3) is 0 Å². The van der Waals surface area contributed by atoms with E-state index in [1.807, 2.05) is 20.8 Å². The third-order valence-electron chi connectivity index (χ3n) is 3.23. The Balaban J connectivity index is 2.93. The second kappa shape index (κ2) is 5.35. The molecule has 0 radical (unpaired) electrons. The lowest BCUT2D eigenvalue weighted by molar-refractivity contribution is -0.124. The molecule has 17 heavy (non-hydrogen) atoms. The first-order valence-corrected chi connectivity index (χ1v) is 6.21. The highest BCUT2D eigenvalue weighted by Crippen LogP contribution is 2.21. The number of rotatable bonds is 3. The molecule has 0 bridgehead atoms. The van der Waals surface area contributed by atoms with E-state index in [4.69, 9.17) is 0 Å². The van der Waals surface area contributed by atoms with Crippen LogP contribution < -0.4 is 5.32 Å². The molecule has 0 aliphatic heterocycles. The van der Waals surface area contributed by atoms with E-state index in [0.29, 0.717) is 0 Å². The summed E-state index contributed by atoms with van der Waals surface area (Å²) in [6.07, 6.45) is 0. The molecule has 0 aliphatic carbocycles. The Morgan fingerprint density at radius 1 is 1.00 bits per heavy atom. The summed E-state index contributed by atoms with van der Waals surface area (Å²) in [7, 11) is 0. The summed E-state index contributed by atoms with van der Waals surface area (Å²) in [6.45, 7) is 12.2. The van der Waals surface area contributed by atoms with Crippen molar-refractivity contribution in [2.24, 2.45) is 5.92 Å². The number of hydrogen-bond donors (Lipinski definition) is 1. The maximum absolute atomic E-state index is 11.7. The van der Waals surface area contributed by atoms with Crippen LogP contribution in [-0.4, -0.2) is 5.91 Å². The highest BCUT2D eigenvalue weighted by Gasteiger charge is 2.14. The van der Waals surface area contributed by atoms with E-state index >= 15 is 0 Å². The molecule has 1 atom stereocenters. The quantitative estimate of drug-likeness (QED) is 0.851. The number of hydrogen-bond acceptors (Lipinski definition) is 1. The highest BCUT2D eigenvalue weighted by molar-refractivity contribution is 5.78. The van der Waals surface area contributed by atoms with Gasteiger partial charge in [-0.15, -0.1) is 0 Å². The summed E-state index contributed by atoms with van der Waals surface area (Å²) >= 11 is 0. The van der Waals surface area contributed by atoms with Crippen molar-refractivity contribution in [2.75, 3.05) is 0 Å². The Bertz CT molecular complexity index is 421. The van der Waals surface area contributed by atoms with Gasteiger partial charge in [-0.25, -0.2) is 0 Å². The number of carbonyl (C=O) groups excluding carboxylic acids is 1. The van der Waals surface area contributed by atoms with Gasteiger partial charge in [0.15, 0.2) is 0 Å². The maximum Gasteiger partial charge on any atom is 0.223 e. The first kappa shape index (κ1) is 13.8. The zero-order valence-electron chi connectivity index (χ0n) is 11.7. The Hall–Kier alpha value is -1.31. The van der Waals surface area contributed by atoms with E-state index in [1.54, 1.807) is 0 Å². The molecule has 0 heterocycles. The van der Waals surface area contributed by atoms with Crippen LogP contribution in [0.15, 0.2) is 12.1 Å². The van der Waals surface area contributed by atoms with Crippen LogP contribution in [0, 0.1) is 26.7 Å². The fourth-order valence-electron chi connectivity index (χ4n) is 1.91. The van der Waals surface area contributed by atoms with Crippen LogP contribution in [0.5, 0.6) is 0 Å². The predicted molar refractivity (Wildman–Crippen MR) is 72.0 cm³/mol. The molecule has 94 valence electrons. The highest BCUT2D eigenvalue weighted by atomic mass is 16.1. The SMILES string of the molecule is Cc1cc(C)c([C@@H](C)NC(=O)C(C)C)cc1C. The normalized spacial score (nSPS) is 12.6. The molecule has 0 unspecified atom stereocenters. The molecule has 0 aromatic heterocycles. The summed E-state index contributed by atoms with van der Waals surface area (Å²) < 4.78 is 0. The van der Waals surface area contributed by atoms with Crippen molar-refractivity contribution in [2.45, 2.75) is 47.6 Å². The van der Waals surface area contributed by atoms with Crippen molar-refractivity contribution in [1.82, 2.24) is 5.32 Å². The van der Waals surface area contributed by atoms with Crippen molar-refractivity contribution in [3.63, 3.8) is 0 Å². The summed E-state index contributed by atoms with van der Waals surface area (Å²) in [6, 6.07) is 4.43. The van der Waals surface area contributed by atoms with Crippen molar-refractivity contribution in [3.05, 3.63) is 34.4 Å². The molecule has 1 amide bonds. The van der Waals surface area contributed by atoms with Crippen LogP contribution >= 0.6 is 0 Å². The standard InChI is InChI=1S/C15H23NO/c1-9(2)15(17)16-13(6)14-8-11(4)10(3)7-12(14)5/h7-9,13H,1-6H3,(H,16,17)/t13-/m1/s1. The van der Waals surface area contributed by atoms with Gasteiger partial charge in [-0.1, -0.05) is 26.0 Å². The van der Waals surface area contributed by atoms with E-state index in [1.165, 1.54) is 22.3 Å². The molecule has 0 aliphatic rings. The fourth-order valence-corrected chi connectivity index (χ4v) is 1.91. The number of carbonyl (C=O) groups is 1. The topological polar surface area (TPSA) is 29.1 Å². The number of benzene rings is 1. The second-order valence-electron chi connectivity index (χ2n) is 5.18. The van der Waals surface area contributed by atoms with Gasteiger partial charge in [-0.3, -0.25) is 4.79 Å². The van der Waals surface area contributed by atoms with E-state index in [0.717, 1.165) is 0 Å². The van der Waals surface area contributed by atoms with Crippen molar-refractivity contribution >= 4 is 5.91 Å². The molecule has 0 saturated heterocycles. The monoisotopic (exact) mass is 233 g/mol. The van der Waals surface area contributed by atoms with Crippen LogP contribution in [0.4, 0.5) is 0 Å². The van der Waals surface area contributed by atoms with Crippen molar-refractivity contribution in [1.29, 1.82) is 0 Å². The first-order valence-electron chi connectivity index (χ1n) is 6.21. The van der Waals surface area contributed by atoms with Gasteiger partial charge in [-0.2, -0.15) is 0 Å². The van der Waals surface area contributed by atoms with E-state index in [-0.39, 0.29) is 17.9 Å². The van der Waals surface area contributed by atoms with Gasteiger partial charge < -0.3 is 5.32 Å². The Morgan fingerprint density at radius 2 is 1.53 bits per heavy atom. The van der Waals surface area contributed by atoms with Gasteiger partial charge in [0.25, 0.3) is 0 Å². The van der Waals surface area contributed by atoms with Gasteiger partial charge >= 0.3 is 0 Å². The number of nitrogens with one attached hydrogen (secondary N) is 1. The van der Waals surface area contributed by atoms with E-state index < -0.39 is 0 Å². The third kappa shape index (κ3) is 3.32. The van der Waals surface area contributed by atoms with Crippen molar-refractivity contribution < 1.29 is 4.79 Å². The van der Waals surface area contributed by atoms with Crippen LogP contribution in [0.1, 0.15) is 49.1 Å². The Kier molecular flexibility index (Phi) is 4.33. The van der Waals surface area contributed by atoms with Crippen LogP contribution in [-0.2, 0) is 4.79 Å². The lowest BCUT2D eigenvalue weighted by Gasteiger charge is -2.19. The number of aryl methyl sites for hydroxylation is 3. The zero-order valence-corrected chi connectivity index (χ0v) is 11.7. The largest absolute Gasteiger partial charge is 0.349 e. The van der Waals surface area contributed by atoms with Gasteiger partial charge in [0.05, 0.1) is 6.04 Å². The van der Waals surface area contributed by atoms with Gasteiger partial charge in [-0.05, 0) is 49.9 Å². The fraction of sp³-hybridized carbons (Fsp3) is 0.533. The summed E-state index contributed by atoms with van der Waals surface area (Å²) in [5.41, 5.74) is 5.02. The predicted octanol–water partition coefficient (Wildman–Crippen LogP) is 3.45. The molecular formula is C15H23NO. The molecule has 0 spiro atoms. The molecular weight excluding hydrogens is 210 g/mol. The molecule has 0 saturated carbocycles. The Labute approximate surface area is 104 Å². The average Bonchev–Trinajstić information content (AvgIpc) is 2.22.